The smallest absolute Gasteiger partial charge is 0.136 e. The fourth-order valence-electron chi connectivity index (χ4n) is 1.81. The SMILES string of the molecule is CC(=O)C1(Cc2ccccc2Br)CC1. The van der Waals surface area contributed by atoms with Crippen LogP contribution in [0.5, 0.6) is 0 Å². The molecular formula is C12H13BrO. The molecule has 1 aromatic rings. The number of benzene rings is 1. The van der Waals surface area contributed by atoms with Crippen LogP contribution in [0.1, 0.15) is 25.3 Å². The Morgan fingerprint density at radius 1 is 1.43 bits per heavy atom. The number of carbonyl (C=O) groups is 1. The number of hydrogen-bond acceptors (Lipinski definition) is 1. The fraction of sp³-hybridized carbons (Fsp3) is 0.417. The van der Waals surface area contributed by atoms with Gasteiger partial charge in [-0.3, -0.25) is 4.79 Å². The second-order valence-electron chi connectivity index (χ2n) is 4.10. The summed E-state index contributed by atoms with van der Waals surface area (Å²) in [5.41, 5.74) is 1.23. The van der Waals surface area contributed by atoms with Crippen molar-refractivity contribution in [1.82, 2.24) is 0 Å². The van der Waals surface area contributed by atoms with Crippen molar-refractivity contribution in [1.29, 1.82) is 0 Å². The van der Waals surface area contributed by atoms with Crippen LogP contribution in [0.3, 0.4) is 0 Å². The predicted molar refractivity (Wildman–Crippen MR) is 60.2 cm³/mol. The largest absolute Gasteiger partial charge is 0.299 e. The molecule has 0 aromatic heterocycles. The average Bonchev–Trinajstić information content (AvgIpc) is 2.90. The van der Waals surface area contributed by atoms with Gasteiger partial charge in [0.1, 0.15) is 5.78 Å². The van der Waals surface area contributed by atoms with Crippen LogP contribution in [0, 0.1) is 5.41 Å². The second-order valence-corrected chi connectivity index (χ2v) is 4.96. The molecule has 0 atom stereocenters. The topological polar surface area (TPSA) is 17.1 Å². The summed E-state index contributed by atoms with van der Waals surface area (Å²) in [4.78, 5) is 11.4. The van der Waals surface area contributed by atoms with Gasteiger partial charge in [-0.05, 0) is 37.8 Å². The minimum atomic E-state index is -0.0239. The van der Waals surface area contributed by atoms with Crippen LogP contribution in [0.25, 0.3) is 0 Å². The molecule has 0 spiro atoms. The number of rotatable bonds is 3. The fourth-order valence-corrected chi connectivity index (χ4v) is 2.24. The molecule has 0 heterocycles. The van der Waals surface area contributed by atoms with Crippen molar-refractivity contribution in [3.8, 4) is 0 Å². The van der Waals surface area contributed by atoms with E-state index in [1.807, 2.05) is 18.2 Å². The first-order valence-corrected chi connectivity index (χ1v) is 5.68. The molecule has 0 amide bonds. The zero-order chi connectivity index (χ0) is 10.2. The summed E-state index contributed by atoms with van der Waals surface area (Å²) in [5, 5.41) is 0. The first-order valence-electron chi connectivity index (χ1n) is 4.88. The number of carbonyl (C=O) groups excluding carboxylic acids is 1. The van der Waals surface area contributed by atoms with E-state index >= 15 is 0 Å². The predicted octanol–water partition coefficient (Wildman–Crippen LogP) is 3.36. The standard InChI is InChI=1S/C12H13BrO/c1-9(14)12(6-7-12)8-10-4-2-3-5-11(10)13/h2-5H,6-8H2,1H3. The molecule has 0 radical (unpaired) electrons. The van der Waals surface area contributed by atoms with Crippen molar-refractivity contribution in [3.63, 3.8) is 0 Å². The van der Waals surface area contributed by atoms with Gasteiger partial charge in [0, 0.05) is 9.89 Å². The Hall–Kier alpha value is -0.630. The summed E-state index contributed by atoms with van der Waals surface area (Å²) >= 11 is 3.51. The highest BCUT2D eigenvalue weighted by Gasteiger charge is 2.47. The van der Waals surface area contributed by atoms with E-state index in [0.717, 1.165) is 23.7 Å². The summed E-state index contributed by atoms with van der Waals surface area (Å²) < 4.78 is 1.12. The Bertz CT molecular complexity index is 366. The Balaban J connectivity index is 2.19. The highest BCUT2D eigenvalue weighted by molar-refractivity contribution is 9.10. The highest BCUT2D eigenvalue weighted by atomic mass is 79.9. The van der Waals surface area contributed by atoms with Crippen molar-refractivity contribution in [3.05, 3.63) is 34.3 Å². The molecule has 0 aliphatic heterocycles. The van der Waals surface area contributed by atoms with E-state index in [4.69, 9.17) is 0 Å². The van der Waals surface area contributed by atoms with E-state index in [-0.39, 0.29) is 5.41 Å². The lowest BCUT2D eigenvalue weighted by Gasteiger charge is -2.12. The van der Waals surface area contributed by atoms with Gasteiger partial charge in [0.25, 0.3) is 0 Å². The number of Topliss-reactive ketones (excluding diaryl/α,β-unsaturated/α-hetero) is 1. The van der Waals surface area contributed by atoms with Crippen LogP contribution in [0.2, 0.25) is 0 Å². The monoisotopic (exact) mass is 252 g/mol. The van der Waals surface area contributed by atoms with Crippen LogP contribution in [-0.2, 0) is 11.2 Å². The zero-order valence-electron chi connectivity index (χ0n) is 8.22. The van der Waals surface area contributed by atoms with E-state index in [2.05, 4.69) is 22.0 Å². The molecule has 74 valence electrons. The summed E-state index contributed by atoms with van der Waals surface area (Å²) in [6, 6.07) is 8.15. The lowest BCUT2D eigenvalue weighted by molar-refractivity contribution is -0.121. The van der Waals surface area contributed by atoms with E-state index in [9.17, 15) is 4.79 Å². The van der Waals surface area contributed by atoms with Gasteiger partial charge in [-0.25, -0.2) is 0 Å². The van der Waals surface area contributed by atoms with Gasteiger partial charge < -0.3 is 0 Å². The molecule has 2 rings (SSSR count). The molecule has 0 bridgehead atoms. The van der Waals surface area contributed by atoms with Crippen molar-refractivity contribution < 1.29 is 4.79 Å². The molecule has 0 unspecified atom stereocenters. The van der Waals surface area contributed by atoms with Crippen molar-refractivity contribution >= 4 is 21.7 Å². The molecular weight excluding hydrogens is 240 g/mol. The molecule has 14 heavy (non-hydrogen) atoms. The molecule has 2 heteroatoms. The zero-order valence-corrected chi connectivity index (χ0v) is 9.80. The lowest BCUT2D eigenvalue weighted by Crippen LogP contribution is -2.15. The van der Waals surface area contributed by atoms with Gasteiger partial charge in [-0.1, -0.05) is 34.1 Å². The third kappa shape index (κ3) is 1.76. The van der Waals surface area contributed by atoms with Crippen LogP contribution in [-0.4, -0.2) is 5.78 Å². The normalized spacial score (nSPS) is 17.9. The average molecular weight is 253 g/mol. The molecule has 1 saturated carbocycles. The molecule has 1 fully saturated rings. The number of ketones is 1. The van der Waals surface area contributed by atoms with Gasteiger partial charge >= 0.3 is 0 Å². The van der Waals surface area contributed by atoms with Gasteiger partial charge in [-0.2, -0.15) is 0 Å². The maximum Gasteiger partial charge on any atom is 0.136 e. The van der Waals surface area contributed by atoms with Gasteiger partial charge in [0.15, 0.2) is 0 Å². The van der Waals surface area contributed by atoms with Crippen molar-refractivity contribution in [2.75, 3.05) is 0 Å². The lowest BCUT2D eigenvalue weighted by atomic mass is 9.93. The molecule has 0 saturated heterocycles. The third-order valence-electron chi connectivity index (χ3n) is 3.09. The van der Waals surface area contributed by atoms with Crippen LogP contribution in [0.15, 0.2) is 28.7 Å². The van der Waals surface area contributed by atoms with Crippen LogP contribution < -0.4 is 0 Å². The maximum absolute atomic E-state index is 11.4. The first kappa shape index (κ1) is 9.91. The Morgan fingerprint density at radius 3 is 2.57 bits per heavy atom. The number of halogens is 1. The Labute approximate surface area is 92.6 Å². The Kier molecular flexibility index (Phi) is 2.48. The first-order chi connectivity index (χ1) is 6.64. The molecule has 1 aliphatic rings. The second kappa shape index (κ2) is 3.50. The van der Waals surface area contributed by atoms with Gasteiger partial charge in [-0.15, -0.1) is 0 Å². The van der Waals surface area contributed by atoms with Crippen LogP contribution in [0.4, 0.5) is 0 Å². The minimum Gasteiger partial charge on any atom is -0.299 e. The molecule has 0 N–H and O–H groups in total. The molecule has 1 nitrogen and oxygen atoms in total. The van der Waals surface area contributed by atoms with Gasteiger partial charge in [0.2, 0.25) is 0 Å². The summed E-state index contributed by atoms with van der Waals surface area (Å²) in [6.07, 6.45) is 3.01. The van der Waals surface area contributed by atoms with E-state index in [0.29, 0.717) is 5.78 Å². The number of hydrogen-bond donors (Lipinski definition) is 0. The van der Waals surface area contributed by atoms with E-state index in [1.165, 1.54) is 5.56 Å². The minimum absolute atomic E-state index is 0.0239. The van der Waals surface area contributed by atoms with E-state index in [1.54, 1.807) is 6.92 Å². The molecule has 1 aromatic carbocycles. The highest BCUT2D eigenvalue weighted by Crippen LogP contribution is 2.49. The summed E-state index contributed by atoms with van der Waals surface area (Å²) in [5.74, 6) is 0.341. The Morgan fingerprint density at radius 2 is 2.07 bits per heavy atom. The van der Waals surface area contributed by atoms with E-state index < -0.39 is 0 Å². The van der Waals surface area contributed by atoms with Gasteiger partial charge in [0.05, 0.1) is 0 Å². The van der Waals surface area contributed by atoms with Crippen molar-refractivity contribution in [2.45, 2.75) is 26.2 Å². The van der Waals surface area contributed by atoms with Crippen molar-refractivity contribution in [2.24, 2.45) is 5.41 Å². The maximum atomic E-state index is 11.4. The van der Waals surface area contributed by atoms with Crippen LogP contribution >= 0.6 is 15.9 Å². The summed E-state index contributed by atoms with van der Waals surface area (Å²) in [6.45, 7) is 1.71. The third-order valence-corrected chi connectivity index (χ3v) is 3.86. The molecule has 1 aliphatic carbocycles. The summed E-state index contributed by atoms with van der Waals surface area (Å²) in [7, 11) is 0. The quantitative estimate of drug-likeness (QED) is 0.807.